The van der Waals surface area contributed by atoms with E-state index >= 15 is 0 Å². The molecule has 1 aromatic carbocycles. The lowest BCUT2D eigenvalue weighted by Gasteiger charge is -2.30. The fourth-order valence-electron chi connectivity index (χ4n) is 3.02. The molecule has 0 atom stereocenters. The first-order valence-electron chi connectivity index (χ1n) is 8.21. The molecule has 2 heterocycles. The van der Waals surface area contributed by atoms with Crippen molar-refractivity contribution in [2.45, 2.75) is 39.3 Å². The summed E-state index contributed by atoms with van der Waals surface area (Å²) in [7, 11) is 0. The molecular weight excluding hydrogens is 354 g/mol. The van der Waals surface area contributed by atoms with Gasteiger partial charge < -0.3 is 5.32 Å². The Morgan fingerprint density at radius 1 is 1.36 bits per heavy atom. The minimum atomic E-state index is -0.0722. The van der Waals surface area contributed by atoms with E-state index in [4.69, 9.17) is 0 Å². The lowest BCUT2D eigenvalue weighted by Crippen LogP contribution is -2.35. The third-order valence-electron chi connectivity index (χ3n) is 4.39. The van der Waals surface area contributed by atoms with Crippen LogP contribution >= 0.6 is 23.7 Å². The van der Waals surface area contributed by atoms with E-state index in [2.05, 4.69) is 30.1 Å². The average Bonchev–Trinajstić information content (AvgIpc) is 2.91. The van der Waals surface area contributed by atoms with Crippen molar-refractivity contribution in [2.75, 3.05) is 11.9 Å². The largest absolute Gasteiger partial charge is 0.316 e. The molecule has 3 rings (SSSR count). The van der Waals surface area contributed by atoms with Gasteiger partial charge in [0, 0.05) is 24.0 Å². The minimum Gasteiger partial charge on any atom is -0.316 e. The van der Waals surface area contributed by atoms with Crippen molar-refractivity contribution >= 4 is 34.7 Å². The molecule has 0 saturated heterocycles. The van der Waals surface area contributed by atoms with E-state index in [0.29, 0.717) is 23.0 Å². The molecule has 0 saturated carbocycles. The van der Waals surface area contributed by atoms with E-state index in [0.717, 1.165) is 30.6 Å². The second-order valence-electron chi connectivity index (χ2n) is 6.34. The number of benzene rings is 1. The Labute approximate surface area is 158 Å². The van der Waals surface area contributed by atoms with Crippen LogP contribution in [0.2, 0.25) is 0 Å². The van der Waals surface area contributed by atoms with Gasteiger partial charge in [-0.3, -0.25) is 9.69 Å². The zero-order valence-electron chi connectivity index (χ0n) is 14.4. The lowest BCUT2D eigenvalue weighted by molar-refractivity contribution is -0.115. The number of carbonyl (C=O) groups excluding carboxylic acids is 1. The summed E-state index contributed by atoms with van der Waals surface area (Å²) in [6, 6.07) is 12.4. The number of carbonyl (C=O) groups is 1. The summed E-state index contributed by atoms with van der Waals surface area (Å²) in [4.78, 5) is 15.9. The molecule has 25 heavy (non-hydrogen) atoms. The number of hydrogen-bond donors (Lipinski definition) is 1. The number of amides is 1. The number of rotatable bonds is 4. The highest BCUT2D eigenvalue weighted by atomic mass is 35.5. The molecule has 1 aromatic heterocycles. The molecule has 4 nitrogen and oxygen atoms in total. The van der Waals surface area contributed by atoms with Gasteiger partial charge >= 0.3 is 0 Å². The van der Waals surface area contributed by atoms with Crippen molar-refractivity contribution in [2.24, 2.45) is 0 Å². The van der Waals surface area contributed by atoms with Crippen LogP contribution in [-0.4, -0.2) is 23.4 Å². The second kappa shape index (κ2) is 8.48. The minimum absolute atomic E-state index is 0. The summed E-state index contributed by atoms with van der Waals surface area (Å²) < 4.78 is 0. The average molecular weight is 376 g/mol. The Hall–Kier alpha value is -1.87. The van der Waals surface area contributed by atoms with Crippen molar-refractivity contribution in [3.05, 3.63) is 51.9 Å². The highest BCUT2D eigenvalue weighted by Crippen LogP contribution is 2.37. The monoisotopic (exact) mass is 375 g/mol. The Bertz CT molecular complexity index is 780. The van der Waals surface area contributed by atoms with E-state index in [1.165, 1.54) is 4.88 Å². The second-order valence-corrected chi connectivity index (χ2v) is 7.45. The Kier molecular flexibility index (Phi) is 6.60. The summed E-state index contributed by atoms with van der Waals surface area (Å²) in [5, 5.41) is 13.2. The molecular formula is C19H22ClN3OS. The first-order valence-corrected chi connectivity index (χ1v) is 9.02. The Morgan fingerprint density at radius 3 is 2.72 bits per heavy atom. The van der Waals surface area contributed by atoms with E-state index in [1.807, 2.05) is 30.3 Å². The normalized spacial score (nSPS) is 13.7. The van der Waals surface area contributed by atoms with Crippen molar-refractivity contribution in [1.82, 2.24) is 4.90 Å². The molecule has 0 bridgehead atoms. The first-order chi connectivity index (χ1) is 11.6. The van der Waals surface area contributed by atoms with Gasteiger partial charge in [0.05, 0.1) is 12.0 Å². The van der Waals surface area contributed by atoms with Gasteiger partial charge in [-0.25, -0.2) is 0 Å². The van der Waals surface area contributed by atoms with Crippen molar-refractivity contribution in [1.29, 1.82) is 5.26 Å². The molecule has 2 aromatic rings. The van der Waals surface area contributed by atoms with Crippen molar-refractivity contribution in [3.8, 4) is 6.07 Å². The van der Waals surface area contributed by atoms with Crippen molar-refractivity contribution < 1.29 is 4.79 Å². The number of anilines is 1. The number of nitrogens with zero attached hydrogens (tertiary/aromatic N) is 2. The van der Waals surface area contributed by atoms with Crippen LogP contribution < -0.4 is 5.32 Å². The quantitative estimate of drug-likeness (QED) is 0.879. The van der Waals surface area contributed by atoms with Crippen LogP contribution in [0.3, 0.4) is 0 Å². The first kappa shape index (κ1) is 19.5. The third-order valence-corrected chi connectivity index (χ3v) is 5.52. The van der Waals surface area contributed by atoms with Gasteiger partial charge in [0.2, 0.25) is 5.91 Å². The van der Waals surface area contributed by atoms with E-state index in [9.17, 15) is 10.1 Å². The molecule has 132 valence electrons. The SMILES string of the molecule is CC(C)N1CCc2c(sc(NC(=O)Cc3ccccc3)c2C#N)C1.Cl. The topological polar surface area (TPSA) is 56.1 Å². The summed E-state index contributed by atoms with van der Waals surface area (Å²) in [6.45, 7) is 6.20. The van der Waals surface area contributed by atoms with Crippen LogP contribution in [0, 0.1) is 11.3 Å². The van der Waals surface area contributed by atoms with E-state index < -0.39 is 0 Å². The van der Waals surface area contributed by atoms with Gasteiger partial charge in [0.25, 0.3) is 0 Å². The zero-order valence-corrected chi connectivity index (χ0v) is 16.0. The maximum atomic E-state index is 12.3. The number of halogens is 1. The number of nitriles is 1. The molecule has 1 aliphatic heterocycles. The van der Waals surface area contributed by atoms with Crippen LogP contribution in [0.5, 0.6) is 0 Å². The fourth-order valence-corrected chi connectivity index (χ4v) is 4.26. The highest BCUT2D eigenvalue weighted by molar-refractivity contribution is 7.16. The predicted molar refractivity (Wildman–Crippen MR) is 104 cm³/mol. The van der Waals surface area contributed by atoms with E-state index in [1.54, 1.807) is 11.3 Å². The lowest BCUT2D eigenvalue weighted by atomic mass is 10.0. The van der Waals surface area contributed by atoms with Gasteiger partial charge in [0.1, 0.15) is 11.1 Å². The molecule has 1 N–H and O–H groups in total. The third kappa shape index (κ3) is 4.40. The van der Waals surface area contributed by atoms with Gasteiger partial charge in [-0.1, -0.05) is 30.3 Å². The molecule has 0 aliphatic carbocycles. The predicted octanol–water partition coefficient (Wildman–Crippen LogP) is 3.99. The van der Waals surface area contributed by atoms with Crippen LogP contribution in [0.25, 0.3) is 0 Å². The Balaban J connectivity index is 0.00000225. The van der Waals surface area contributed by atoms with Crippen molar-refractivity contribution in [3.63, 3.8) is 0 Å². The molecule has 0 radical (unpaired) electrons. The van der Waals surface area contributed by atoms with Gasteiger partial charge in [-0.15, -0.1) is 23.7 Å². The van der Waals surface area contributed by atoms with Gasteiger partial charge in [-0.05, 0) is 31.4 Å². The summed E-state index contributed by atoms with van der Waals surface area (Å²) in [5.41, 5.74) is 2.75. The van der Waals surface area contributed by atoms with E-state index in [-0.39, 0.29) is 18.3 Å². The fraction of sp³-hybridized carbons (Fsp3) is 0.368. The molecule has 0 fully saturated rings. The molecule has 1 amide bonds. The molecule has 1 aliphatic rings. The van der Waals surface area contributed by atoms with Gasteiger partial charge in [-0.2, -0.15) is 5.26 Å². The standard InChI is InChI=1S/C19H21N3OS.ClH/c1-13(2)22-9-8-15-16(11-20)19(24-17(15)12-22)21-18(23)10-14-6-4-3-5-7-14;/h3-7,13H,8-10,12H2,1-2H3,(H,21,23);1H. The summed E-state index contributed by atoms with van der Waals surface area (Å²) in [5.74, 6) is -0.0722. The zero-order chi connectivity index (χ0) is 17.1. The molecule has 6 heteroatoms. The maximum Gasteiger partial charge on any atom is 0.229 e. The smallest absolute Gasteiger partial charge is 0.229 e. The molecule has 0 unspecified atom stereocenters. The van der Waals surface area contributed by atoms with Gasteiger partial charge in [0.15, 0.2) is 0 Å². The van der Waals surface area contributed by atoms with Crippen LogP contribution in [0.15, 0.2) is 30.3 Å². The molecule has 0 spiro atoms. The number of nitrogens with one attached hydrogen (secondary N) is 1. The Morgan fingerprint density at radius 2 is 2.08 bits per heavy atom. The number of hydrogen-bond acceptors (Lipinski definition) is 4. The van der Waals surface area contributed by atoms with Crippen LogP contribution in [0.4, 0.5) is 5.00 Å². The number of thiophene rings is 1. The summed E-state index contributed by atoms with van der Waals surface area (Å²) in [6.07, 6.45) is 1.20. The highest BCUT2D eigenvalue weighted by Gasteiger charge is 2.26. The van der Waals surface area contributed by atoms with Crippen LogP contribution in [-0.2, 0) is 24.2 Å². The number of fused-ring (bicyclic) bond motifs is 1. The summed E-state index contributed by atoms with van der Waals surface area (Å²) >= 11 is 1.55. The maximum absolute atomic E-state index is 12.3. The van der Waals surface area contributed by atoms with Crippen LogP contribution in [0.1, 0.15) is 35.4 Å².